The van der Waals surface area contributed by atoms with Crippen molar-refractivity contribution in [3.8, 4) is 34.0 Å². The molecule has 0 saturated carbocycles. The van der Waals surface area contributed by atoms with Crippen LogP contribution in [0, 0.1) is 0 Å². The van der Waals surface area contributed by atoms with Gasteiger partial charge in [0, 0.05) is 38.2 Å². The van der Waals surface area contributed by atoms with E-state index >= 15 is 0 Å². The van der Waals surface area contributed by atoms with Crippen LogP contribution in [0.3, 0.4) is 0 Å². The fourth-order valence-electron chi connectivity index (χ4n) is 10.0. The van der Waals surface area contributed by atoms with Gasteiger partial charge in [-0.1, -0.05) is 143 Å². The van der Waals surface area contributed by atoms with Crippen molar-refractivity contribution < 1.29 is 4.42 Å². The molecule has 1 aliphatic rings. The molecule has 11 aromatic rings. The maximum Gasteiger partial charge on any atom is 0.233 e. The number of nitrogens with zero attached hydrogens (tertiary/aromatic N) is 4. The first-order valence-electron chi connectivity index (χ1n) is 20.7. The summed E-state index contributed by atoms with van der Waals surface area (Å²) in [6.45, 7) is 9.60. The Labute approximate surface area is 342 Å². The van der Waals surface area contributed by atoms with Gasteiger partial charge in [-0.05, 0) is 88.4 Å². The smallest absolute Gasteiger partial charge is 0.233 e. The molecule has 1 aliphatic carbocycles. The molecule has 4 heterocycles. The Morgan fingerprint density at radius 3 is 1.83 bits per heavy atom. The Hall–Kier alpha value is -6.98. The Morgan fingerprint density at radius 2 is 1.07 bits per heavy atom. The Morgan fingerprint density at radius 1 is 0.458 bits per heavy atom. The largest absolute Gasteiger partial charge is 0.437 e. The van der Waals surface area contributed by atoms with E-state index in [1.54, 1.807) is 0 Å². The molecule has 4 aromatic heterocycles. The van der Waals surface area contributed by atoms with Gasteiger partial charge in [-0.25, -0.2) is 4.98 Å². The summed E-state index contributed by atoms with van der Waals surface area (Å²) >= 11 is 0. The fourth-order valence-corrected chi connectivity index (χ4v) is 10.0. The second-order valence-corrected chi connectivity index (χ2v) is 17.7. The molecule has 5 nitrogen and oxygen atoms in total. The summed E-state index contributed by atoms with van der Waals surface area (Å²) < 4.78 is 11.3. The summed E-state index contributed by atoms with van der Waals surface area (Å²) in [5.74, 6) is 1.42. The van der Waals surface area contributed by atoms with Crippen molar-refractivity contribution in [2.75, 3.05) is 0 Å². The summed E-state index contributed by atoms with van der Waals surface area (Å²) in [5, 5.41) is 6.66. The molecule has 0 radical (unpaired) electrons. The van der Waals surface area contributed by atoms with Crippen LogP contribution in [0.1, 0.15) is 51.7 Å². The lowest BCUT2D eigenvalue weighted by molar-refractivity contribution is 0.332. The monoisotopic (exact) mass is 762 g/mol. The SMILES string of the molecule is CC1(C)CCC(C)(C)c2cc(-c3cccc(-n4c5ccccc5c5cc6c7ccccc7n(-c7nc(-c8ccccc8)nc8oc9ccccc9c78)c6cc54)c3)ccc21. The van der Waals surface area contributed by atoms with E-state index in [1.165, 1.54) is 62.2 Å². The Kier molecular flexibility index (Phi) is 7.09. The molecular formula is C54H42N4O. The third-order valence-electron chi connectivity index (χ3n) is 13.2. The zero-order valence-electron chi connectivity index (χ0n) is 33.6. The number of fused-ring (bicyclic) bond motifs is 10. The van der Waals surface area contributed by atoms with E-state index in [0.29, 0.717) is 11.5 Å². The quantitative estimate of drug-likeness (QED) is 0.179. The topological polar surface area (TPSA) is 48.8 Å². The van der Waals surface area contributed by atoms with Gasteiger partial charge in [0.05, 0.1) is 27.5 Å². The molecular weight excluding hydrogens is 721 g/mol. The third kappa shape index (κ3) is 5.04. The minimum atomic E-state index is 0.134. The number of aromatic nitrogens is 4. The molecule has 5 heteroatoms. The lowest BCUT2D eigenvalue weighted by Crippen LogP contribution is -2.33. The molecule has 0 unspecified atom stereocenters. The molecule has 12 rings (SSSR count). The van der Waals surface area contributed by atoms with Crippen LogP contribution in [-0.2, 0) is 10.8 Å². The molecule has 59 heavy (non-hydrogen) atoms. The Bertz CT molecular complexity index is 3510. The van der Waals surface area contributed by atoms with Gasteiger partial charge < -0.3 is 8.98 Å². The summed E-state index contributed by atoms with van der Waals surface area (Å²) in [5.41, 5.74) is 13.6. The first-order chi connectivity index (χ1) is 28.7. The van der Waals surface area contributed by atoms with Crippen LogP contribution in [0.2, 0.25) is 0 Å². The lowest BCUT2D eigenvalue weighted by atomic mass is 9.63. The van der Waals surface area contributed by atoms with Crippen LogP contribution >= 0.6 is 0 Å². The standard InChI is InChI=1S/C54H42N4O/c1-53(2)27-28-54(3,4)43-30-35(25-26-42(43)53)34-17-14-18-36(29-34)57-44-22-11-8-19-37(44)40-31-41-38-20-9-12-23-45(38)58(47(41)32-46(40)57)51-49-39-21-10-13-24-48(39)59-52(49)56-50(55-51)33-15-6-5-7-16-33/h5-26,29-32H,27-28H2,1-4H3. The average Bonchev–Trinajstić information content (AvgIpc) is 3.92. The van der Waals surface area contributed by atoms with Gasteiger partial charge in [0.2, 0.25) is 5.71 Å². The highest BCUT2D eigenvalue weighted by atomic mass is 16.3. The summed E-state index contributed by atoms with van der Waals surface area (Å²) in [6.07, 6.45) is 2.39. The van der Waals surface area contributed by atoms with Gasteiger partial charge in [0.25, 0.3) is 0 Å². The molecule has 0 amide bonds. The number of furan rings is 1. The molecule has 0 aliphatic heterocycles. The highest BCUT2D eigenvalue weighted by molar-refractivity contribution is 6.20. The zero-order valence-corrected chi connectivity index (χ0v) is 33.6. The average molecular weight is 763 g/mol. The van der Waals surface area contributed by atoms with E-state index in [9.17, 15) is 0 Å². The normalized spacial score (nSPS) is 14.9. The molecule has 0 fully saturated rings. The van der Waals surface area contributed by atoms with Gasteiger partial charge in [-0.15, -0.1) is 0 Å². The minimum absolute atomic E-state index is 0.134. The number of rotatable bonds is 4. The number of hydrogen-bond donors (Lipinski definition) is 0. The number of hydrogen-bond acceptors (Lipinski definition) is 3. The first-order valence-corrected chi connectivity index (χ1v) is 20.7. The lowest BCUT2D eigenvalue weighted by Gasteiger charge is -2.42. The second-order valence-electron chi connectivity index (χ2n) is 17.7. The van der Waals surface area contributed by atoms with Gasteiger partial charge in [-0.3, -0.25) is 4.57 Å². The second kappa shape index (κ2) is 12.3. The highest BCUT2D eigenvalue weighted by Gasteiger charge is 2.37. The van der Waals surface area contributed by atoms with Crippen LogP contribution in [0.5, 0.6) is 0 Å². The van der Waals surface area contributed by atoms with Crippen molar-refractivity contribution in [2.45, 2.75) is 51.4 Å². The van der Waals surface area contributed by atoms with Crippen molar-refractivity contribution in [3.05, 3.63) is 169 Å². The zero-order chi connectivity index (χ0) is 39.6. The maximum atomic E-state index is 6.50. The van der Waals surface area contributed by atoms with Crippen LogP contribution in [0.25, 0.3) is 99.7 Å². The van der Waals surface area contributed by atoms with E-state index in [1.807, 2.05) is 30.3 Å². The molecule has 0 spiro atoms. The van der Waals surface area contributed by atoms with Crippen molar-refractivity contribution in [3.63, 3.8) is 0 Å². The number of benzene rings is 7. The maximum absolute atomic E-state index is 6.50. The van der Waals surface area contributed by atoms with Crippen molar-refractivity contribution in [2.24, 2.45) is 0 Å². The van der Waals surface area contributed by atoms with Crippen LogP contribution in [0.4, 0.5) is 0 Å². The van der Waals surface area contributed by atoms with Gasteiger partial charge in [0.1, 0.15) is 5.58 Å². The highest BCUT2D eigenvalue weighted by Crippen LogP contribution is 2.47. The van der Waals surface area contributed by atoms with Crippen LogP contribution in [0.15, 0.2) is 162 Å². The fraction of sp³-hybridized carbons (Fsp3) is 0.148. The molecule has 0 atom stereocenters. The summed E-state index contributed by atoms with van der Waals surface area (Å²) in [6, 6.07) is 56.9. The predicted octanol–water partition coefficient (Wildman–Crippen LogP) is 14.3. The van der Waals surface area contributed by atoms with E-state index < -0.39 is 0 Å². The minimum Gasteiger partial charge on any atom is -0.437 e. The van der Waals surface area contributed by atoms with Crippen molar-refractivity contribution in [1.29, 1.82) is 0 Å². The van der Waals surface area contributed by atoms with Crippen molar-refractivity contribution >= 4 is 65.7 Å². The van der Waals surface area contributed by atoms with E-state index in [-0.39, 0.29) is 10.8 Å². The van der Waals surface area contributed by atoms with Crippen LogP contribution < -0.4 is 0 Å². The van der Waals surface area contributed by atoms with Crippen LogP contribution in [-0.4, -0.2) is 19.1 Å². The summed E-state index contributed by atoms with van der Waals surface area (Å²) in [4.78, 5) is 10.4. The summed E-state index contributed by atoms with van der Waals surface area (Å²) in [7, 11) is 0. The molecule has 0 bridgehead atoms. The van der Waals surface area contributed by atoms with E-state index in [4.69, 9.17) is 14.4 Å². The first kappa shape index (κ1) is 34.1. The van der Waals surface area contributed by atoms with Gasteiger partial charge in [-0.2, -0.15) is 4.98 Å². The van der Waals surface area contributed by atoms with Gasteiger partial charge >= 0.3 is 0 Å². The Balaban J connectivity index is 1.14. The molecule has 0 N–H and O–H groups in total. The van der Waals surface area contributed by atoms with E-state index in [0.717, 1.165) is 50.0 Å². The van der Waals surface area contributed by atoms with E-state index in [2.05, 4.69) is 164 Å². The molecule has 7 aromatic carbocycles. The van der Waals surface area contributed by atoms with Gasteiger partial charge in [0.15, 0.2) is 11.6 Å². The number of para-hydroxylation sites is 3. The predicted molar refractivity (Wildman–Crippen MR) is 244 cm³/mol. The molecule has 284 valence electrons. The molecule has 0 saturated heterocycles. The van der Waals surface area contributed by atoms with Crippen molar-refractivity contribution in [1.82, 2.24) is 19.1 Å². The third-order valence-corrected chi connectivity index (χ3v) is 13.2.